The van der Waals surface area contributed by atoms with Gasteiger partial charge in [-0.1, -0.05) is 6.07 Å². The zero-order valence-corrected chi connectivity index (χ0v) is 13.1. The van der Waals surface area contributed by atoms with Crippen LogP contribution in [0.25, 0.3) is 0 Å². The van der Waals surface area contributed by atoms with Crippen molar-refractivity contribution < 1.29 is 17.9 Å². The molecule has 2 rings (SSSR count). The van der Waals surface area contributed by atoms with E-state index in [4.69, 9.17) is 4.42 Å². The lowest BCUT2D eigenvalue weighted by Crippen LogP contribution is -2.27. The smallest absolute Gasteiger partial charge is 0.241 e. The number of hydrogen-bond donors (Lipinski definition) is 2. The number of sulfonamides is 1. The summed E-state index contributed by atoms with van der Waals surface area (Å²) in [4.78, 5) is 0.176. The van der Waals surface area contributed by atoms with Gasteiger partial charge in [-0.3, -0.25) is 0 Å². The Kier molecular flexibility index (Phi) is 4.51. The van der Waals surface area contributed by atoms with E-state index in [1.165, 1.54) is 12.3 Å². The molecule has 0 aliphatic rings. The monoisotopic (exact) mass is 309 g/mol. The second-order valence-electron chi connectivity index (χ2n) is 5.06. The molecule has 2 aromatic rings. The first-order valence-corrected chi connectivity index (χ1v) is 8.10. The van der Waals surface area contributed by atoms with Crippen molar-refractivity contribution >= 4 is 10.0 Å². The summed E-state index contributed by atoms with van der Waals surface area (Å²) in [5, 5.41) is 9.30. The van der Waals surface area contributed by atoms with Crippen molar-refractivity contribution in [2.45, 2.75) is 38.3 Å². The molecule has 0 radical (unpaired) electrons. The number of furan rings is 1. The molecule has 1 unspecified atom stereocenters. The van der Waals surface area contributed by atoms with Crippen LogP contribution in [0.4, 0.5) is 0 Å². The van der Waals surface area contributed by atoms with Gasteiger partial charge < -0.3 is 9.52 Å². The van der Waals surface area contributed by atoms with Gasteiger partial charge in [0.2, 0.25) is 10.0 Å². The van der Waals surface area contributed by atoms with Gasteiger partial charge in [0.1, 0.15) is 5.76 Å². The molecule has 1 aromatic heterocycles. The highest BCUT2D eigenvalue weighted by Crippen LogP contribution is 2.23. The van der Waals surface area contributed by atoms with E-state index in [1.54, 1.807) is 32.0 Å². The summed E-state index contributed by atoms with van der Waals surface area (Å²) >= 11 is 0. The van der Waals surface area contributed by atoms with Crippen LogP contribution in [0.15, 0.2) is 39.8 Å². The SMILES string of the molecule is Cc1cc(C)c(S(=O)(=O)NC(C)c2ccco2)cc1CO. The Morgan fingerprint density at radius 1 is 1.29 bits per heavy atom. The number of aliphatic hydroxyl groups excluding tert-OH is 1. The molecule has 2 N–H and O–H groups in total. The lowest BCUT2D eigenvalue weighted by atomic mass is 10.1. The minimum atomic E-state index is -3.69. The molecular formula is C15H19NO4S. The van der Waals surface area contributed by atoms with Crippen molar-refractivity contribution in [3.05, 3.63) is 53.0 Å². The molecule has 1 heterocycles. The van der Waals surface area contributed by atoms with Crippen LogP contribution in [-0.2, 0) is 16.6 Å². The molecule has 0 aliphatic heterocycles. The Morgan fingerprint density at radius 2 is 2.00 bits per heavy atom. The Bertz CT molecular complexity index is 720. The van der Waals surface area contributed by atoms with Gasteiger partial charge in [0.05, 0.1) is 23.8 Å². The van der Waals surface area contributed by atoms with E-state index in [1.807, 2.05) is 6.92 Å². The third-order valence-electron chi connectivity index (χ3n) is 3.40. The lowest BCUT2D eigenvalue weighted by Gasteiger charge is -2.15. The quantitative estimate of drug-likeness (QED) is 0.889. The molecule has 1 aromatic carbocycles. The summed E-state index contributed by atoms with van der Waals surface area (Å²) in [5.74, 6) is 0.547. The topological polar surface area (TPSA) is 79.5 Å². The maximum atomic E-state index is 12.5. The Labute approximate surface area is 124 Å². The summed E-state index contributed by atoms with van der Waals surface area (Å²) < 4.78 is 32.8. The molecular weight excluding hydrogens is 290 g/mol. The Balaban J connectivity index is 2.36. The standard InChI is InChI=1S/C15H19NO4S/c1-10-7-11(2)15(8-13(10)9-17)21(18,19)16-12(3)14-5-4-6-20-14/h4-8,12,16-17H,9H2,1-3H3. The van der Waals surface area contributed by atoms with E-state index in [9.17, 15) is 13.5 Å². The van der Waals surface area contributed by atoms with E-state index in [-0.39, 0.29) is 11.5 Å². The van der Waals surface area contributed by atoms with Crippen LogP contribution in [-0.4, -0.2) is 13.5 Å². The first kappa shape index (κ1) is 15.8. The van der Waals surface area contributed by atoms with Gasteiger partial charge in [0.25, 0.3) is 0 Å². The minimum absolute atomic E-state index is 0.176. The predicted octanol–water partition coefficient (Wildman–Crippen LogP) is 2.43. The van der Waals surface area contributed by atoms with Crippen LogP contribution in [0.3, 0.4) is 0 Å². The lowest BCUT2D eigenvalue weighted by molar-refractivity contribution is 0.280. The second-order valence-corrected chi connectivity index (χ2v) is 6.74. The molecule has 0 spiro atoms. The fourth-order valence-corrected chi connectivity index (χ4v) is 3.72. The molecule has 1 atom stereocenters. The zero-order valence-electron chi connectivity index (χ0n) is 12.3. The van der Waals surface area contributed by atoms with Crippen molar-refractivity contribution in [3.8, 4) is 0 Å². The van der Waals surface area contributed by atoms with E-state index < -0.39 is 16.1 Å². The van der Waals surface area contributed by atoms with Crippen molar-refractivity contribution in [1.82, 2.24) is 4.72 Å². The average Bonchev–Trinajstić information content (AvgIpc) is 2.91. The minimum Gasteiger partial charge on any atom is -0.468 e. The number of rotatable bonds is 5. The normalized spacial score (nSPS) is 13.3. The van der Waals surface area contributed by atoms with Crippen LogP contribution in [0, 0.1) is 13.8 Å². The summed E-state index contributed by atoms with van der Waals surface area (Å²) in [6.45, 7) is 5.10. The average molecular weight is 309 g/mol. The fourth-order valence-electron chi connectivity index (χ4n) is 2.23. The van der Waals surface area contributed by atoms with Crippen molar-refractivity contribution in [3.63, 3.8) is 0 Å². The van der Waals surface area contributed by atoms with Gasteiger partial charge in [-0.05, 0) is 55.7 Å². The summed E-state index contributed by atoms with van der Waals surface area (Å²) in [6, 6.07) is 6.23. The van der Waals surface area contributed by atoms with E-state index >= 15 is 0 Å². The Morgan fingerprint density at radius 3 is 2.57 bits per heavy atom. The van der Waals surface area contributed by atoms with Gasteiger partial charge in [-0.15, -0.1) is 0 Å². The summed E-state index contributed by atoms with van der Waals surface area (Å²) in [5.41, 5.74) is 2.11. The molecule has 0 amide bonds. The number of aryl methyl sites for hydroxylation is 2. The molecule has 6 heteroatoms. The van der Waals surface area contributed by atoms with Crippen molar-refractivity contribution in [2.75, 3.05) is 0 Å². The molecule has 114 valence electrons. The zero-order chi connectivity index (χ0) is 15.6. The van der Waals surface area contributed by atoms with E-state index in [0.29, 0.717) is 16.9 Å². The molecule has 0 aliphatic carbocycles. The van der Waals surface area contributed by atoms with Crippen molar-refractivity contribution in [1.29, 1.82) is 0 Å². The number of aliphatic hydroxyl groups is 1. The van der Waals surface area contributed by atoms with Crippen molar-refractivity contribution in [2.24, 2.45) is 0 Å². The highest BCUT2D eigenvalue weighted by atomic mass is 32.2. The first-order chi connectivity index (χ1) is 9.85. The van der Waals surface area contributed by atoms with Crippen LogP contribution in [0.2, 0.25) is 0 Å². The van der Waals surface area contributed by atoms with Crippen LogP contribution >= 0.6 is 0 Å². The highest BCUT2D eigenvalue weighted by molar-refractivity contribution is 7.89. The molecule has 0 saturated heterocycles. The maximum absolute atomic E-state index is 12.5. The van der Waals surface area contributed by atoms with Gasteiger partial charge in [0, 0.05) is 0 Å². The number of nitrogens with one attached hydrogen (secondary N) is 1. The maximum Gasteiger partial charge on any atom is 0.241 e. The van der Waals surface area contributed by atoms with Gasteiger partial charge in [-0.25, -0.2) is 13.1 Å². The molecule has 5 nitrogen and oxygen atoms in total. The van der Waals surface area contributed by atoms with Gasteiger partial charge in [-0.2, -0.15) is 0 Å². The predicted molar refractivity (Wildman–Crippen MR) is 79.3 cm³/mol. The molecule has 0 bridgehead atoms. The number of hydrogen-bond acceptors (Lipinski definition) is 4. The van der Waals surface area contributed by atoms with Gasteiger partial charge >= 0.3 is 0 Å². The summed E-state index contributed by atoms with van der Waals surface area (Å²) in [6.07, 6.45) is 1.50. The largest absolute Gasteiger partial charge is 0.468 e. The first-order valence-electron chi connectivity index (χ1n) is 6.62. The second kappa shape index (κ2) is 6.01. The van der Waals surface area contributed by atoms with E-state index in [0.717, 1.165) is 5.56 Å². The van der Waals surface area contributed by atoms with Crippen LogP contribution in [0.5, 0.6) is 0 Å². The molecule has 0 saturated carbocycles. The molecule has 0 fully saturated rings. The Hall–Kier alpha value is -1.63. The third kappa shape index (κ3) is 3.34. The molecule has 21 heavy (non-hydrogen) atoms. The third-order valence-corrected chi connectivity index (χ3v) is 5.08. The summed E-state index contributed by atoms with van der Waals surface area (Å²) in [7, 11) is -3.69. The fraction of sp³-hybridized carbons (Fsp3) is 0.333. The van der Waals surface area contributed by atoms with Gasteiger partial charge in [0.15, 0.2) is 0 Å². The number of benzene rings is 1. The van der Waals surface area contributed by atoms with E-state index in [2.05, 4.69) is 4.72 Å². The van der Waals surface area contributed by atoms with Crippen LogP contribution < -0.4 is 4.72 Å². The van der Waals surface area contributed by atoms with Crippen LogP contribution in [0.1, 0.15) is 35.4 Å². The highest BCUT2D eigenvalue weighted by Gasteiger charge is 2.22.